The Bertz CT molecular complexity index is 675. The first-order valence-electron chi connectivity index (χ1n) is 9.47. The van der Waals surface area contributed by atoms with E-state index < -0.39 is 0 Å². The van der Waals surface area contributed by atoms with Crippen molar-refractivity contribution >= 4 is 17.5 Å². The van der Waals surface area contributed by atoms with Gasteiger partial charge in [0.15, 0.2) is 0 Å². The van der Waals surface area contributed by atoms with Gasteiger partial charge in [-0.1, -0.05) is 12.1 Å². The van der Waals surface area contributed by atoms with Crippen molar-refractivity contribution < 1.29 is 9.59 Å². The summed E-state index contributed by atoms with van der Waals surface area (Å²) in [5.74, 6) is 1.45. The zero-order valence-electron chi connectivity index (χ0n) is 14.9. The zero-order valence-corrected chi connectivity index (χ0v) is 14.9. The average molecular weight is 341 g/mol. The maximum absolute atomic E-state index is 12.4. The fraction of sp³-hybridized carbons (Fsp3) is 0.600. The van der Waals surface area contributed by atoms with Crippen molar-refractivity contribution in [2.45, 2.75) is 38.6 Å². The van der Waals surface area contributed by atoms with Crippen LogP contribution in [-0.2, 0) is 9.59 Å². The lowest BCUT2D eigenvalue weighted by atomic mass is 9.76. The van der Waals surface area contributed by atoms with E-state index in [9.17, 15) is 9.59 Å². The lowest BCUT2D eigenvalue weighted by Crippen LogP contribution is -2.61. The number of aryl methyl sites for hydroxylation is 1. The molecule has 3 atom stereocenters. The van der Waals surface area contributed by atoms with Crippen molar-refractivity contribution in [1.29, 1.82) is 0 Å². The first-order valence-corrected chi connectivity index (χ1v) is 9.47. The molecule has 3 aliphatic heterocycles. The molecule has 5 heteroatoms. The number of hydrogen-bond acceptors (Lipinski definition) is 3. The number of carbonyl (C=O) groups excluding carboxylic acids is 2. The van der Waals surface area contributed by atoms with Gasteiger partial charge in [0.05, 0.1) is 6.54 Å². The van der Waals surface area contributed by atoms with Crippen molar-refractivity contribution in [2.75, 3.05) is 31.5 Å². The minimum Gasteiger partial charge on any atom is -0.339 e. The van der Waals surface area contributed by atoms with Gasteiger partial charge in [-0.2, -0.15) is 0 Å². The number of nitrogens with one attached hydrogen (secondary N) is 1. The number of anilines is 1. The molecule has 2 amide bonds. The molecule has 134 valence electrons. The molecule has 3 aliphatic rings. The molecule has 0 saturated carbocycles. The highest BCUT2D eigenvalue weighted by Gasteiger charge is 2.43. The Kier molecular flexibility index (Phi) is 4.50. The maximum atomic E-state index is 12.4. The van der Waals surface area contributed by atoms with Gasteiger partial charge in [-0.25, -0.2) is 0 Å². The van der Waals surface area contributed by atoms with Gasteiger partial charge in [-0.05, 0) is 55.7 Å². The first kappa shape index (κ1) is 16.6. The summed E-state index contributed by atoms with van der Waals surface area (Å²) in [6.45, 7) is 5.22. The van der Waals surface area contributed by atoms with E-state index in [4.69, 9.17) is 0 Å². The topological polar surface area (TPSA) is 52.7 Å². The van der Waals surface area contributed by atoms with Crippen LogP contribution in [0.3, 0.4) is 0 Å². The molecule has 3 fully saturated rings. The summed E-state index contributed by atoms with van der Waals surface area (Å²) in [6, 6.07) is 8.32. The Morgan fingerprint density at radius 1 is 1.28 bits per heavy atom. The number of carbonyl (C=O) groups is 2. The van der Waals surface area contributed by atoms with Gasteiger partial charge in [0, 0.05) is 37.8 Å². The normalized spacial score (nSPS) is 29.2. The predicted molar refractivity (Wildman–Crippen MR) is 97.2 cm³/mol. The van der Waals surface area contributed by atoms with Gasteiger partial charge in [0.25, 0.3) is 0 Å². The molecule has 3 heterocycles. The molecule has 3 saturated heterocycles. The molecular weight excluding hydrogens is 314 g/mol. The van der Waals surface area contributed by atoms with E-state index in [0.717, 1.165) is 50.1 Å². The number of piperidine rings is 3. The number of fused-ring (bicyclic) bond motifs is 4. The van der Waals surface area contributed by atoms with Crippen LogP contribution in [0.25, 0.3) is 0 Å². The lowest BCUT2D eigenvalue weighted by molar-refractivity contribution is -0.145. The van der Waals surface area contributed by atoms with Crippen LogP contribution in [0.5, 0.6) is 0 Å². The molecule has 0 spiro atoms. The fourth-order valence-electron chi connectivity index (χ4n) is 4.97. The minimum absolute atomic E-state index is 0.0575. The number of amides is 2. The molecule has 1 aromatic rings. The van der Waals surface area contributed by atoms with Gasteiger partial charge in [-0.15, -0.1) is 0 Å². The standard InChI is InChI=1S/C20H27N3O2/c1-14-4-2-5-17(8-14)21-19(24)13-22-10-15-9-16(12-22)18-6-3-7-20(25)23(18)11-15/h2,4-5,8,15-16,18H,3,6-7,9-13H2,1H3,(H,21,24)/t15?,16?,18-/m1/s1. The molecular formula is C20H27N3O2. The highest BCUT2D eigenvalue weighted by molar-refractivity contribution is 5.92. The Labute approximate surface area is 149 Å². The highest BCUT2D eigenvalue weighted by atomic mass is 16.2. The highest BCUT2D eigenvalue weighted by Crippen LogP contribution is 2.37. The first-order chi connectivity index (χ1) is 12.1. The van der Waals surface area contributed by atoms with Gasteiger partial charge >= 0.3 is 0 Å². The van der Waals surface area contributed by atoms with Crippen LogP contribution in [0, 0.1) is 18.8 Å². The van der Waals surface area contributed by atoms with Crippen LogP contribution in [0.2, 0.25) is 0 Å². The molecule has 2 bridgehead atoms. The second-order valence-corrected chi connectivity index (χ2v) is 7.98. The maximum Gasteiger partial charge on any atom is 0.238 e. The smallest absolute Gasteiger partial charge is 0.238 e. The van der Waals surface area contributed by atoms with Crippen molar-refractivity contribution in [1.82, 2.24) is 9.80 Å². The third kappa shape index (κ3) is 3.56. The Morgan fingerprint density at radius 3 is 3.00 bits per heavy atom. The number of likely N-dealkylation sites (tertiary alicyclic amines) is 1. The monoisotopic (exact) mass is 341 g/mol. The molecule has 0 radical (unpaired) electrons. The summed E-state index contributed by atoms with van der Waals surface area (Å²) in [4.78, 5) is 29.1. The Hall–Kier alpha value is -1.88. The third-order valence-electron chi connectivity index (χ3n) is 5.92. The quantitative estimate of drug-likeness (QED) is 0.918. The zero-order chi connectivity index (χ0) is 17.4. The van der Waals surface area contributed by atoms with E-state index in [2.05, 4.69) is 15.1 Å². The minimum atomic E-state index is 0.0575. The second-order valence-electron chi connectivity index (χ2n) is 7.98. The number of benzene rings is 1. The van der Waals surface area contributed by atoms with Crippen molar-refractivity contribution in [3.63, 3.8) is 0 Å². The molecule has 5 nitrogen and oxygen atoms in total. The van der Waals surface area contributed by atoms with E-state index in [0.29, 0.717) is 30.3 Å². The van der Waals surface area contributed by atoms with Gasteiger partial charge in [0.1, 0.15) is 0 Å². The average Bonchev–Trinajstić information content (AvgIpc) is 2.56. The van der Waals surface area contributed by atoms with E-state index >= 15 is 0 Å². The van der Waals surface area contributed by atoms with Crippen LogP contribution in [0.1, 0.15) is 31.2 Å². The second kappa shape index (κ2) is 6.79. The third-order valence-corrected chi connectivity index (χ3v) is 5.92. The SMILES string of the molecule is Cc1cccc(NC(=O)CN2CC3CC(C2)[C@H]2CCCC(=O)N2C3)c1. The molecule has 1 N–H and O–H groups in total. The van der Waals surface area contributed by atoms with Crippen molar-refractivity contribution in [3.05, 3.63) is 29.8 Å². The molecule has 1 aromatic carbocycles. The van der Waals surface area contributed by atoms with Crippen LogP contribution >= 0.6 is 0 Å². The van der Waals surface area contributed by atoms with E-state index in [-0.39, 0.29) is 5.91 Å². The molecule has 4 rings (SSSR count). The molecule has 25 heavy (non-hydrogen) atoms. The molecule has 2 unspecified atom stereocenters. The van der Waals surface area contributed by atoms with Crippen LogP contribution in [0.4, 0.5) is 5.69 Å². The Morgan fingerprint density at radius 2 is 2.16 bits per heavy atom. The lowest BCUT2D eigenvalue weighted by Gasteiger charge is -2.52. The van der Waals surface area contributed by atoms with Gasteiger partial charge in [-0.3, -0.25) is 14.5 Å². The van der Waals surface area contributed by atoms with Crippen LogP contribution < -0.4 is 5.32 Å². The van der Waals surface area contributed by atoms with E-state index in [1.807, 2.05) is 31.2 Å². The van der Waals surface area contributed by atoms with Crippen molar-refractivity contribution in [3.8, 4) is 0 Å². The van der Waals surface area contributed by atoms with Crippen LogP contribution in [0.15, 0.2) is 24.3 Å². The summed E-state index contributed by atoms with van der Waals surface area (Å²) >= 11 is 0. The summed E-state index contributed by atoms with van der Waals surface area (Å²) in [7, 11) is 0. The fourth-order valence-corrected chi connectivity index (χ4v) is 4.97. The van der Waals surface area contributed by atoms with E-state index in [1.54, 1.807) is 0 Å². The Balaban J connectivity index is 1.37. The number of hydrogen-bond donors (Lipinski definition) is 1. The van der Waals surface area contributed by atoms with E-state index in [1.165, 1.54) is 6.42 Å². The molecule has 0 aliphatic carbocycles. The van der Waals surface area contributed by atoms with Crippen molar-refractivity contribution in [2.24, 2.45) is 11.8 Å². The summed E-state index contributed by atoms with van der Waals surface area (Å²) in [5, 5.41) is 3.01. The predicted octanol–water partition coefficient (Wildman–Crippen LogP) is 2.27. The van der Waals surface area contributed by atoms with Gasteiger partial charge < -0.3 is 10.2 Å². The largest absolute Gasteiger partial charge is 0.339 e. The van der Waals surface area contributed by atoms with Crippen LogP contribution in [-0.4, -0.2) is 53.8 Å². The van der Waals surface area contributed by atoms with Gasteiger partial charge in [0.2, 0.25) is 11.8 Å². The summed E-state index contributed by atoms with van der Waals surface area (Å²) < 4.78 is 0. The number of rotatable bonds is 3. The summed E-state index contributed by atoms with van der Waals surface area (Å²) in [6.07, 6.45) is 4.09. The summed E-state index contributed by atoms with van der Waals surface area (Å²) in [5.41, 5.74) is 2.01. The number of nitrogens with zero attached hydrogens (tertiary/aromatic N) is 2. The molecule has 0 aromatic heterocycles.